The van der Waals surface area contributed by atoms with Gasteiger partial charge in [0.2, 0.25) is 0 Å². The second-order valence-electron chi connectivity index (χ2n) is 6.39. The van der Waals surface area contributed by atoms with Crippen molar-refractivity contribution in [2.24, 2.45) is 5.92 Å². The average molecular weight is 331 g/mol. The van der Waals surface area contributed by atoms with E-state index in [0.29, 0.717) is 38.2 Å². The molecule has 0 saturated carbocycles. The van der Waals surface area contributed by atoms with Gasteiger partial charge >= 0.3 is 5.97 Å². The topological polar surface area (TPSA) is 62.7 Å². The van der Waals surface area contributed by atoms with Crippen LogP contribution in [-0.2, 0) is 9.53 Å². The Balaban J connectivity index is 1.61. The van der Waals surface area contributed by atoms with Crippen molar-refractivity contribution in [1.29, 1.82) is 0 Å². The summed E-state index contributed by atoms with van der Waals surface area (Å²) in [6.45, 7) is 5.40. The Morgan fingerprint density at radius 2 is 1.88 bits per heavy atom. The molecular weight excluding hydrogens is 306 g/mol. The summed E-state index contributed by atoms with van der Waals surface area (Å²) in [5.41, 5.74) is 0.494. The number of anilines is 1. The standard InChI is InChI=1S/C18H25N3O3/c1-2-24-18(23)14-8-12-21(13-9-14)17(22)15-6-5-7-16(19-15)20-10-3-4-11-20/h5-7,14H,2-4,8-13H2,1H3. The van der Waals surface area contributed by atoms with Crippen LogP contribution in [0.5, 0.6) is 0 Å². The molecule has 2 fully saturated rings. The van der Waals surface area contributed by atoms with E-state index in [0.717, 1.165) is 18.9 Å². The van der Waals surface area contributed by atoms with Gasteiger partial charge in [-0.25, -0.2) is 4.98 Å². The fraction of sp³-hybridized carbons (Fsp3) is 0.611. The van der Waals surface area contributed by atoms with E-state index in [4.69, 9.17) is 4.74 Å². The number of ether oxygens (including phenoxy) is 1. The first-order valence-electron chi connectivity index (χ1n) is 8.87. The number of esters is 1. The fourth-order valence-corrected chi connectivity index (χ4v) is 3.41. The Labute approximate surface area is 142 Å². The van der Waals surface area contributed by atoms with E-state index >= 15 is 0 Å². The van der Waals surface area contributed by atoms with Gasteiger partial charge in [-0.15, -0.1) is 0 Å². The highest BCUT2D eigenvalue weighted by Crippen LogP contribution is 2.22. The second kappa shape index (κ2) is 7.64. The molecule has 6 heteroatoms. The first kappa shape index (κ1) is 16.7. The quantitative estimate of drug-likeness (QED) is 0.791. The van der Waals surface area contributed by atoms with E-state index in [-0.39, 0.29) is 17.8 Å². The lowest BCUT2D eigenvalue weighted by Gasteiger charge is -2.30. The zero-order valence-corrected chi connectivity index (χ0v) is 14.2. The minimum Gasteiger partial charge on any atom is -0.466 e. The largest absolute Gasteiger partial charge is 0.466 e. The molecule has 0 atom stereocenters. The van der Waals surface area contributed by atoms with Gasteiger partial charge < -0.3 is 14.5 Å². The van der Waals surface area contributed by atoms with Gasteiger partial charge in [0.25, 0.3) is 5.91 Å². The number of hydrogen-bond acceptors (Lipinski definition) is 5. The molecule has 1 aromatic heterocycles. The fourth-order valence-electron chi connectivity index (χ4n) is 3.41. The molecule has 0 unspecified atom stereocenters. The van der Waals surface area contributed by atoms with Crippen molar-refractivity contribution in [2.75, 3.05) is 37.7 Å². The normalized spacial score (nSPS) is 18.7. The lowest BCUT2D eigenvalue weighted by molar-refractivity contribution is -0.149. The summed E-state index contributed by atoms with van der Waals surface area (Å²) >= 11 is 0. The van der Waals surface area contributed by atoms with Crippen molar-refractivity contribution in [2.45, 2.75) is 32.6 Å². The summed E-state index contributed by atoms with van der Waals surface area (Å²) < 4.78 is 5.07. The van der Waals surface area contributed by atoms with Crippen molar-refractivity contribution < 1.29 is 14.3 Å². The number of carbonyl (C=O) groups is 2. The Morgan fingerprint density at radius 1 is 1.17 bits per heavy atom. The summed E-state index contributed by atoms with van der Waals surface area (Å²) in [6, 6.07) is 5.65. The maximum atomic E-state index is 12.7. The van der Waals surface area contributed by atoms with Crippen LogP contribution in [0.15, 0.2) is 18.2 Å². The zero-order valence-electron chi connectivity index (χ0n) is 14.2. The zero-order chi connectivity index (χ0) is 16.9. The lowest BCUT2D eigenvalue weighted by Crippen LogP contribution is -2.41. The number of likely N-dealkylation sites (tertiary alicyclic amines) is 1. The van der Waals surface area contributed by atoms with Gasteiger partial charge in [-0.1, -0.05) is 6.07 Å². The lowest BCUT2D eigenvalue weighted by atomic mass is 9.97. The van der Waals surface area contributed by atoms with Gasteiger partial charge in [-0.05, 0) is 44.7 Å². The van der Waals surface area contributed by atoms with Gasteiger partial charge in [0.1, 0.15) is 11.5 Å². The smallest absolute Gasteiger partial charge is 0.309 e. The average Bonchev–Trinajstić information content (AvgIpc) is 3.16. The van der Waals surface area contributed by atoms with E-state index < -0.39 is 0 Å². The van der Waals surface area contributed by atoms with Crippen molar-refractivity contribution in [1.82, 2.24) is 9.88 Å². The van der Waals surface area contributed by atoms with Crippen LogP contribution in [0.25, 0.3) is 0 Å². The Kier molecular flexibility index (Phi) is 5.33. The molecular formula is C18H25N3O3. The van der Waals surface area contributed by atoms with Gasteiger partial charge in [0.15, 0.2) is 0 Å². The molecule has 2 aliphatic heterocycles. The molecule has 130 valence electrons. The van der Waals surface area contributed by atoms with Crippen LogP contribution < -0.4 is 4.90 Å². The number of pyridine rings is 1. The van der Waals surface area contributed by atoms with Crippen molar-refractivity contribution >= 4 is 17.7 Å². The highest BCUT2D eigenvalue weighted by atomic mass is 16.5. The van der Waals surface area contributed by atoms with Gasteiger partial charge in [-0.2, -0.15) is 0 Å². The molecule has 2 saturated heterocycles. The van der Waals surface area contributed by atoms with Crippen LogP contribution in [0, 0.1) is 5.92 Å². The maximum absolute atomic E-state index is 12.7. The van der Waals surface area contributed by atoms with Gasteiger partial charge in [0.05, 0.1) is 12.5 Å². The predicted molar refractivity (Wildman–Crippen MR) is 90.9 cm³/mol. The summed E-state index contributed by atoms with van der Waals surface area (Å²) in [5.74, 6) is 0.620. The van der Waals surface area contributed by atoms with E-state index in [9.17, 15) is 9.59 Å². The van der Waals surface area contributed by atoms with Crippen LogP contribution >= 0.6 is 0 Å². The summed E-state index contributed by atoms with van der Waals surface area (Å²) in [5, 5.41) is 0. The molecule has 3 heterocycles. The SMILES string of the molecule is CCOC(=O)C1CCN(C(=O)c2cccc(N3CCCC3)n2)CC1. The highest BCUT2D eigenvalue weighted by molar-refractivity contribution is 5.93. The van der Waals surface area contributed by atoms with E-state index in [1.165, 1.54) is 12.8 Å². The second-order valence-corrected chi connectivity index (χ2v) is 6.39. The first-order chi connectivity index (χ1) is 11.7. The molecule has 0 aromatic carbocycles. The van der Waals surface area contributed by atoms with Crippen LogP contribution in [0.2, 0.25) is 0 Å². The third-order valence-electron chi connectivity index (χ3n) is 4.79. The molecule has 0 radical (unpaired) electrons. The molecule has 1 amide bonds. The molecule has 6 nitrogen and oxygen atoms in total. The Hall–Kier alpha value is -2.11. The maximum Gasteiger partial charge on any atom is 0.309 e. The number of amides is 1. The number of rotatable bonds is 4. The molecule has 1 aromatic rings. The Morgan fingerprint density at radius 3 is 2.54 bits per heavy atom. The number of carbonyl (C=O) groups excluding carboxylic acids is 2. The molecule has 2 aliphatic rings. The van der Waals surface area contributed by atoms with Crippen LogP contribution in [-0.4, -0.2) is 54.5 Å². The van der Waals surface area contributed by atoms with Crippen molar-refractivity contribution in [3.63, 3.8) is 0 Å². The first-order valence-corrected chi connectivity index (χ1v) is 8.87. The monoisotopic (exact) mass is 331 g/mol. The Bertz CT molecular complexity index is 591. The predicted octanol–water partition coefficient (Wildman–Crippen LogP) is 2.10. The molecule has 0 aliphatic carbocycles. The van der Waals surface area contributed by atoms with Crippen LogP contribution in [0.3, 0.4) is 0 Å². The van der Waals surface area contributed by atoms with Crippen LogP contribution in [0.1, 0.15) is 43.1 Å². The molecule has 0 N–H and O–H groups in total. The summed E-state index contributed by atoms with van der Waals surface area (Å²) in [4.78, 5) is 33.1. The summed E-state index contributed by atoms with van der Waals surface area (Å²) in [6.07, 6.45) is 3.69. The van der Waals surface area contributed by atoms with E-state index in [1.807, 2.05) is 19.1 Å². The molecule has 0 spiro atoms. The highest BCUT2D eigenvalue weighted by Gasteiger charge is 2.29. The van der Waals surface area contributed by atoms with Gasteiger partial charge in [-0.3, -0.25) is 9.59 Å². The number of hydrogen-bond donors (Lipinski definition) is 0. The molecule has 0 bridgehead atoms. The van der Waals surface area contributed by atoms with Crippen molar-refractivity contribution in [3.05, 3.63) is 23.9 Å². The minimum absolute atomic E-state index is 0.0432. The van der Waals surface area contributed by atoms with Crippen LogP contribution in [0.4, 0.5) is 5.82 Å². The van der Waals surface area contributed by atoms with E-state index in [1.54, 1.807) is 11.0 Å². The number of aromatic nitrogens is 1. The number of piperidine rings is 1. The molecule has 24 heavy (non-hydrogen) atoms. The van der Waals surface area contributed by atoms with Crippen molar-refractivity contribution in [3.8, 4) is 0 Å². The molecule has 3 rings (SSSR count). The third kappa shape index (κ3) is 3.68. The minimum atomic E-state index is -0.140. The van der Waals surface area contributed by atoms with Gasteiger partial charge in [0, 0.05) is 26.2 Å². The number of nitrogens with zero attached hydrogens (tertiary/aromatic N) is 3. The summed E-state index contributed by atoms with van der Waals surface area (Å²) in [7, 11) is 0. The van der Waals surface area contributed by atoms with E-state index in [2.05, 4.69) is 9.88 Å². The third-order valence-corrected chi connectivity index (χ3v) is 4.79.